The second-order valence-corrected chi connectivity index (χ2v) is 6.57. The largest absolute Gasteiger partial charge is 0.444 e. The number of nitrogens with zero attached hydrogens (tertiary/aromatic N) is 1. The molecule has 1 saturated heterocycles. The maximum absolute atomic E-state index is 12.0. The zero-order chi connectivity index (χ0) is 13.1. The average molecular weight is 324 g/mol. The minimum absolute atomic E-state index is 0.0306. The van der Waals surface area contributed by atoms with Gasteiger partial charge in [-0.2, -0.15) is 11.8 Å². The first-order valence-electron chi connectivity index (χ1n) is 5.51. The van der Waals surface area contributed by atoms with Crippen LogP contribution >= 0.6 is 27.7 Å². The van der Waals surface area contributed by atoms with Gasteiger partial charge in [0.25, 0.3) is 0 Å². The molecule has 1 heterocycles. The molecule has 0 aromatic heterocycles. The molecule has 1 amide bonds. The predicted molar refractivity (Wildman–Crippen MR) is 72.9 cm³/mol. The molecule has 0 N–H and O–H groups in total. The van der Waals surface area contributed by atoms with Crippen LogP contribution in [0.3, 0.4) is 0 Å². The Kier molecular flexibility index (Phi) is 5.31. The van der Waals surface area contributed by atoms with Gasteiger partial charge in [-0.25, -0.2) is 4.79 Å². The van der Waals surface area contributed by atoms with Crippen LogP contribution in [-0.2, 0) is 9.53 Å². The van der Waals surface area contributed by atoms with E-state index in [1.807, 2.05) is 20.8 Å². The Labute approximate surface area is 115 Å². The SMILES string of the molecule is CC(C)(C)OC(=O)N1CCSCC1C(=O)CBr. The molecule has 0 aromatic rings. The van der Waals surface area contributed by atoms with Crippen molar-refractivity contribution in [3.05, 3.63) is 0 Å². The zero-order valence-electron chi connectivity index (χ0n) is 10.4. The van der Waals surface area contributed by atoms with Gasteiger partial charge in [0.15, 0.2) is 5.78 Å². The molecule has 0 aromatic carbocycles. The fraction of sp³-hybridized carbons (Fsp3) is 0.818. The van der Waals surface area contributed by atoms with E-state index in [1.54, 1.807) is 16.7 Å². The minimum atomic E-state index is -0.524. The Morgan fingerprint density at radius 2 is 2.12 bits per heavy atom. The van der Waals surface area contributed by atoms with E-state index in [2.05, 4.69) is 15.9 Å². The molecule has 4 nitrogen and oxygen atoms in total. The number of Topliss-reactive ketones (excluding diaryl/α,β-unsaturated/α-hetero) is 1. The number of hydrogen-bond acceptors (Lipinski definition) is 4. The quantitative estimate of drug-likeness (QED) is 0.731. The summed E-state index contributed by atoms with van der Waals surface area (Å²) in [6, 6.07) is -0.358. The highest BCUT2D eigenvalue weighted by molar-refractivity contribution is 9.09. The molecule has 1 unspecified atom stereocenters. The van der Waals surface area contributed by atoms with Crippen molar-refractivity contribution in [2.24, 2.45) is 0 Å². The fourth-order valence-corrected chi connectivity index (χ4v) is 2.95. The lowest BCUT2D eigenvalue weighted by atomic mass is 10.2. The number of rotatable bonds is 2. The number of ketones is 1. The van der Waals surface area contributed by atoms with Gasteiger partial charge in [-0.05, 0) is 20.8 Å². The summed E-state index contributed by atoms with van der Waals surface area (Å²) in [6.45, 7) is 6.05. The van der Waals surface area contributed by atoms with Crippen molar-refractivity contribution in [2.45, 2.75) is 32.4 Å². The first kappa shape index (κ1) is 14.8. The Hall–Kier alpha value is -0.230. The summed E-state index contributed by atoms with van der Waals surface area (Å²) in [4.78, 5) is 25.3. The lowest BCUT2D eigenvalue weighted by molar-refractivity contribution is -0.121. The molecule has 1 atom stereocenters. The maximum atomic E-state index is 12.0. The van der Waals surface area contributed by atoms with E-state index in [-0.39, 0.29) is 17.2 Å². The molecule has 98 valence electrons. The van der Waals surface area contributed by atoms with Gasteiger partial charge in [0.1, 0.15) is 11.6 Å². The van der Waals surface area contributed by atoms with Crippen molar-refractivity contribution in [3.8, 4) is 0 Å². The monoisotopic (exact) mass is 323 g/mol. The summed E-state index contributed by atoms with van der Waals surface area (Å²) in [7, 11) is 0. The lowest BCUT2D eigenvalue weighted by Gasteiger charge is -2.35. The van der Waals surface area contributed by atoms with Crippen LogP contribution in [0.2, 0.25) is 0 Å². The van der Waals surface area contributed by atoms with Gasteiger partial charge in [-0.3, -0.25) is 9.69 Å². The zero-order valence-corrected chi connectivity index (χ0v) is 12.8. The van der Waals surface area contributed by atoms with Crippen LogP contribution < -0.4 is 0 Å². The second-order valence-electron chi connectivity index (χ2n) is 4.86. The molecule has 0 saturated carbocycles. The average Bonchev–Trinajstić information content (AvgIpc) is 2.25. The Morgan fingerprint density at radius 1 is 1.47 bits per heavy atom. The Morgan fingerprint density at radius 3 is 2.65 bits per heavy atom. The first-order valence-corrected chi connectivity index (χ1v) is 7.79. The van der Waals surface area contributed by atoms with Gasteiger partial charge in [-0.1, -0.05) is 15.9 Å². The number of alkyl halides is 1. The molecule has 0 bridgehead atoms. The van der Waals surface area contributed by atoms with Crippen molar-refractivity contribution in [2.75, 3.05) is 23.4 Å². The van der Waals surface area contributed by atoms with Gasteiger partial charge >= 0.3 is 6.09 Å². The topological polar surface area (TPSA) is 46.6 Å². The van der Waals surface area contributed by atoms with Crippen LogP contribution in [0.5, 0.6) is 0 Å². The molecule has 17 heavy (non-hydrogen) atoms. The highest BCUT2D eigenvalue weighted by atomic mass is 79.9. The molecule has 1 aliphatic rings. The van der Waals surface area contributed by atoms with Crippen LogP contribution in [0, 0.1) is 0 Å². The molecular weight excluding hydrogens is 306 g/mol. The Balaban J connectivity index is 2.71. The molecule has 0 aliphatic carbocycles. The number of thioether (sulfide) groups is 1. The van der Waals surface area contributed by atoms with E-state index in [9.17, 15) is 9.59 Å². The first-order chi connectivity index (χ1) is 7.85. The summed E-state index contributed by atoms with van der Waals surface area (Å²) < 4.78 is 5.31. The third-order valence-corrected chi connectivity index (χ3v) is 3.84. The van der Waals surface area contributed by atoms with Crippen LogP contribution in [0.1, 0.15) is 20.8 Å². The van der Waals surface area contributed by atoms with Crippen LogP contribution in [0.4, 0.5) is 4.79 Å². The summed E-state index contributed by atoms with van der Waals surface area (Å²) in [5, 5.41) is 0.275. The number of carbonyl (C=O) groups is 2. The number of hydrogen-bond donors (Lipinski definition) is 0. The molecule has 1 aliphatic heterocycles. The fourth-order valence-electron chi connectivity index (χ4n) is 1.50. The normalized spacial score (nSPS) is 21.2. The molecular formula is C11H18BrNO3S. The highest BCUT2D eigenvalue weighted by Gasteiger charge is 2.34. The number of halogens is 1. The smallest absolute Gasteiger partial charge is 0.410 e. The number of carbonyl (C=O) groups excluding carboxylic acids is 2. The van der Waals surface area contributed by atoms with Crippen molar-refractivity contribution < 1.29 is 14.3 Å². The van der Waals surface area contributed by atoms with Crippen LogP contribution in [-0.4, -0.2) is 51.8 Å². The van der Waals surface area contributed by atoms with Crippen molar-refractivity contribution in [3.63, 3.8) is 0 Å². The van der Waals surface area contributed by atoms with E-state index in [0.29, 0.717) is 12.3 Å². The highest BCUT2D eigenvalue weighted by Crippen LogP contribution is 2.20. The predicted octanol–water partition coefficient (Wildman–Crippen LogP) is 2.30. The molecule has 1 rings (SSSR count). The van der Waals surface area contributed by atoms with E-state index in [1.165, 1.54) is 0 Å². The second kappa shape index (κ2) is 6.09. The minimum Gasteiger partial charge on any atom is -0.444 e. The number of ether oxygens (including phenoxy) is 1. The summed E-state index contributed by atoms with van der Waals surface area (Å²) >= 11 is 4.85. The third-order valence-electron chi connectivity index (χ3n) is 2.26. The summed E-state index contributed by atoms with van der Waals surface area (Å²) in [5.41, 5.74) is -0.524. The van der Waals surface area contributed by atoms with E-state index < -0.39 is 11.7 Å². The molecule has 0 spiro atoms. The van der Waals surface area contributed by atoms with Gasteiger partial charge < -0.3 is 4.74 Å². The van der Waals surface area contributed by atoms with E-state index in [4.69, 9.17) is 4.74 Å². The van der Waals surface area contributed by atoms with Crippen molar-refractivity contribution >= 4 is 39.6 Å². The van der Waals surface area contributed by atoms with E-state index >= 15 is 0 Å². The lowest BCUT2D eigenvalue weighted by Crippen LogP contribution is -2.52. The van der Waals surface area contributed by atoms with Crippen LogP contribution in [0.15, 0.2) is 0 Å². The summed E-state index contributed by atoms with van der Waals surface area (Å²) in [5.74, 6) is 1.54. The Bertz CT molecular complexity index is 304. The summed E-state index contributed by atoms with van der Waals surface area (Å²) in [6.07, 6.45) is -0.392. The third kappa shape index (κ3) is 4.50. The van der Waals surface area contributed by atoms with Gasteiger partial charge in [0, 0.05) is 18.1 Å². The van der Waals surface area contributed by atoms with Gasteiger partial charge in [-0.15, -0.1) is 0 Å². The molecule has 6 heteroatoms. The van der Waals surface area contributed by atoms with Gasteiger partial charge in [0.2, 0.25) is 0 Å². The van der Waals surface area contributed by atoms with E-state index in [0.717, 1.165) is 5.75 Å². The maximum Gasteiger partial charge on any atom is 0.410 e. The van der Waals surface area contributed by atoms with Crippen molar-refractivity contribution in [1.82, 2.24) is 4.90 Å². The van der Waals surface area contributed by atoms with Crippen LogP contribution in [0.25, 0.3) is 0 Å². The van der Waals surface area contributed by atoms with Gasteiger partial charge in [0.05, 0.1) is 5.33 Å². The molecule has 1 fully saturated rings. The molecule has 0 radical (unpaired) electrons. The standard InChI is InChI=1S/C11H18BrNO3S/c1-11(2,3)16-10(15)13-4-5-17-7-8(13)9(14)6-12/h8H,4-7H2,1-3H3. The van der Waals surface area contributed by atoms with Crippen molar-refractivity contribution in [1.29, 1.82) is 0 Å². The number of amides is 1.